The molecule has 0 radical (unpaired) electrons. The van der Waals surface area contributed by atoms with Gasteiger partial charge in [-0.1, -0.05) is 29.7 Å². The SMILES string of the molecule is Cc1cc(C)c(/C=C/B2OC(C)(C)C(C)(C)O2)c(C)c1. The number of hydrogen-bond donors (Lipinski definition) is 0. The van der Waals surface area contributed by atoms with E-state index in [0.717, 1.165) is 0 Å². The van der Waals surface area contributed by atoms with Gasteiger partial charge in [-0.25, -0.2) is 0 Å². The highest BCUT2D eigenvalue weighted by atomic mass is 16.7. The molecule has 1 saturated heterocycles. The van der Waals surface area contributed by atoms with Crippen LogP contribution in [0, 0.1) is 20.8 Å². The van der Waals surface area contributed by atoms with E-state index in [0.29, 0.717) is 0 Å². The molecule has 2 nitrogen and oxygen atoms in total. The van der Waals surface area contributed by atoms with Gasteiger partial charge in [0.15, 0.2) is 0 Å². The third-order valence-corrected chi connectivity index (χ3v) is 4.43. The standard InChI is InChI=1S/C17H25BO2/c1-12-10-13(2)15(14(3)11-12)8-9-18-19-16(4,5)17(6,7)20-18/h8-11H,1-7H3/b9-8+. The summed E-state index contributed by atoms with van der Waals surface area (Å²) in [5.41, 5.74) is 4.57. The molecule has 1 aromatic rings. The van der Waals surface area contributed by atoms with Crippen LogP contribution in [-0.4, -0.2) is 18.3 Å². The Labute approximate surface area is 123 Å². The third kappa shape index (κ3) is 2.84. The summed E-state index contributed by atoms with van der Waals surface area (Å²) in [5.74, 6) is 2.02. The van der Waals surface area contributed by atoms with E-state index in [2.05, 4.69) is 66.7 Å². The van der Waals surface area contributed by atoms with E-state index < -0.39 is 0 Å². The molecule has 1 aliphatic heterocycles. The molecule has 1 aliphatic rings. The lowest BCUT2D eigenvalue weighted by Gasteiger charge is -2.32. The lowest BCUT2D eigenvalue weighted by molar-refractivity contribution is 0.00578. The molecule has 1 aromatic carbocycles. The summed E-state index contributed by atoms with van der Waals surface area (Å²) in [7, 11) is -0.278. The fraction of sp³-hybridized carbons (Fsp3) is 0.529. The molecule has 0 aliphatic carbocycles. The predicted molar refractivity (Wildman–Crippen MR) is 85.8 cm³/mol. The van der Waals surface area contributed by atoms with Gasteiger partial charge in [0.25, 0.3) is 0 Å². The molecule has 0 bridgehead atoms. The molecule has 3 heteroatoms. The van der Waals surface area contributed by atoms with Crippen molar-refractivity contribution in [1.29, 1.82) is 0 Å². The first-order valence-corrected chi connectivity index (χ1v) is 7.24. The molecule has 0 amide bonds. The van der Waals surface area contributed by atoms with E-state index in [1.807, 2.05) is 5.98 Å². The van der Waals surface area contributed by atoms with Crippen LogP contribution in [0.15, 0.2) is 18.1 Å². The van der Waals surface area contributed by atoms with Gasteiger partial charge in [0.05, 0.1) is 11.2 Å². The minimum absolute atomic E-state index is 0.278. The molecule has 0 saturated carbocycles. The van der Waals surface area contributed by atoms with Gasteiger partial charge in [-0.3, -0.25) is 0 Å². The molecule has 0 aromatic heterocycles. The Morgan fingerprint density at radius 2 is 1.35 bits per heavy atom. The molecule has 1 heterocycles. The fourth-order valence-electron chi connectivity index (χ4n) is 2.60. The monoisotopic (exact) mass is 272 g/mol. The average Bonchev–Trinajstić information content (AvgIpc) is 2.45. The van der Waals surface area contributed by atoms with Crippen molar-refractivity contribution in [3.05, 3.63) is 40.4 Å². The Hall–Kier alpha value is -1.06. The van der Waals surface area contributed by atoms with E-state index in [9.17, 15) is 0 Å². The van der Waals surface area contributed by atoms with Crippen molar-refractivity contribution in [2.45, 2.75) is 59.7 Å². The minimum atomic E-state index is -0.278. The summed E-state index contributed by atoms with van der Waals surface area (Å²) in [6, 6.07) is 4.41. The van der Waals surface area contributed by atoms with Gasteiger partial charge in [0.1, 0.15) is 0 Å². The Morgan fingerprint density at radius 3 is 1.80 bits per heavy atom. The predicted octanol–water partition coefficient (Wildman–Crippen LogP) is 4.26. The molecule has 0 atom stereocenters. The average molecular weight is 272 g/mol. The van der Waals surface area contributed by atoms with Gasteiger partial charge < -0.3 is 9.31 Å². The lowest BCUT2D eigenvalue weighted by atomic mass is 9.87. The van der Waals surface area contributed by atoms with E-state index in [-0.39, 0.29) is 18.3 Å². The van der Waals surface area contributed by atoms with E-state index >= 15 is 0 Å². The molecule has 0 spiro atoms. The highest BCUT2D eigenvalue weighted by Gasteiger charge is 2.49. The molecule has 0 unspecified atom stereocenters. The number of hydrogen-bond acceptors (Lipinski definition) is 2. The zero-order chi connectivity index (χ0) is 15.1. The van der Waals surface area contributed by atoms with Crippen LogP contribution in [0.4, 0.5) is 0 Å². The van der Waals surface area contributed by atoms with Crippen LogP contribution in [0.2, 0.25) is 0 Å². The van der Waals surface area contributed by atoms with Crippen molar-refractivity contribution < 1.29 is 9.31 Å². The first kappa shape index (κ1) is 15.3. The number of benzene rings is 1. The van der Waals surface area contributed by atoms with Gasteiger partial charge in [0, 0.05) is 0 Å². The summed E-state index contributed by atoms with van der Waals surface area (Å²) in [5, 5.41) is 0. The van der Waals surface area contributed by atoms with Gasteiger partial charge in [-0.05, 0) is 65.2 Å². The highest BCUT2D eigenvalue weighted by Crippen LogP contribution is 2.37. The molecular formula is C17H25BO2. The topological polar surface area (TPSA) is 18.5 Å². The Bertz CT molecular complexity index is 505. The molecule has 1 fully saturated rings. The molecule has 0 N–H and O–H groups in total. The second kappa shape index (κ2) is 5.05. The first-order valence-electron chi connectivity index (χ1n) is 7.24. The number of aryl methyl sites for hydroxylation is 3. The van der Waals surface area contributed by atoms with Crippen molar-refractivity contribution in [3.63, 3.8) is 0 Å². The van der Waals surface area contributed by atoms with Crippen LogP contribution >= 0.6 is 0 Å². The normalized spacial score (nSPS) is 20.9. The zero-order valence-electron chi connectivity index (χ0n) is 13.7. The van der Waals surface area contributed by atoms with Gasteiger partial charge in [-0.15, -0.1) is 0 Å². The minimum Gasteiger partial charge on any atom is -0.400 e. The van der Waals surface area contributed by atoms with Crippen LogP contribution in [0.1, 0.15) is 49.9 Å². The van der Waals surface area contributed by atoms with Crippen LogP contribution in [0.25, 0.3) is 6.08 Å². The smallest absolute Gasteiger partial charge is 0.400 e. The molecule has 2 rings (SSSR count). The summed E-state index contributed by atoms with van der Waals surface area (Å²) in [6.45, 7) is 14.7. The van der Waals surface area contributed by atoms with Crippen molar-refractivity contribution in [3.8, 4) is 0 Å². The third-order valence-electron chi connectivity index (χ3n) is 4.43. The van der Waals surface area contributed by atoms with Gasteiger partial charge in [0.2, 0.25) is 0 Å². The first-order chi connectivity index (χ1) is 9.12. The molecular weight excluding hydrogens is 247 g/mol. The Morgan fingerprint density at radius 1 is 0.900 bits per heavy atom. The van der Waals surface area contributed by atoms with Crippen LogP contribution in [0.5, 0.6) is 0 Å². The summed E-state index contributed by atoms with van der Waals surface area (Å²) in [6.07, 6.45) is 2.12. The summed E-state index contributed by atoms with van der Waals surface area (Å²) < 4.78 is 12.0. The second-order valence-corrected chi connectivity index (χ2v) is 6.80. The van der Waals surface area contributed by atoms with Gasteiger partial charge in [-0.2, -0.15) is 0 Å². The largest absolute Gasteiger partial charge is 0.487 e. The summed E-state index contributed by atoms with van der Waals surface area (Å²) >= 11 is 0. The molecule has 108 valence electrons. The number of rotatable bonds is 2. The maximum absolute atomic E-state index is 5.98. The fourth-order valence-corrected chi connectivity index (χ4v) is 2.60. The van der Waals surface area contributed by atoms with Crippen molar-refractivity contribution in [2.24, 2.45) is 0 Å². The maximum atomic E-state index is 5.98. The second-order valence-electron chi connectivity index (χ2n) is 6.80. The van der Waals surface area contributed by atoms with Crippen molar-refractivity contribution >= 4 is 13.2 Å². The Balaban J connectivity index is 2.20. The quantitative estimate of drug-likeness (QED) is 0.749. The van der Waals surface area contributed by atoms with E-state index in [1.54, 1.807) is 0 Å². The van der Waals surface area contributed by atoms with Crippen LogP contribution in [-0.2, 0) is 9.31 Å². The molecule has 20 heavy (non-hydrogen) atoms. The zero-order valence-corrected chi connectivity index (χ0v) is 13.7. The van der Waals surface area contributed by atoms with Gasteiger partial charge >= 0.3 is 7.12 Å². The Kier molecular flexibility index (Phi) is 3.87. The summed E-state index contributed by atoms with van der Waals surface area (Å²) in [4.78, 5) is 0. The van der Waals surface area contributed by atoms with E-state index in [4.69, 9.17) is 9.31 Å². The maximum Gasteiger partial charge on any atom is 0.487 e. The van der Waals surface area contributed by atoms with Crippen LogP contribution in [0.3, 0.4) is 0 Å². The highest BCUT2D eigenvalue weighted by molar-refractivity contribution is 6.52. The lowest BCUT2D eigenvalue weighted by Crippen LogP contribution is -2.41. The van der Waals surface area contributed by atoms with Crippen molar-refractivity contribution in [1.82, 2.24) is 0 Å². The van der Waals surface area contributed by atoms with Crippen LogP contribution < -0.4 is 0 Å². The van der Waals surface area contributed by atoms with Crippen molar-refractivity contribution in [2.75, 3.05) is 0 Å². The van der Waals surface area contributed by atoms with E-state index in [1.165, 1.54) is 22.3 Å².